The van der Waals surface area contributed by atoms with Gasteiger partial charge in [-0.05, 0) is 6.07 Å². The van der Waals surface area contributed by atoms with Crippen molar-refractivity contribution < 1.29 is 9.59 Å². The molecule has 0 amide bonds. The molecule has 76 valence electrons. The smallest absolute Gasteiger partial charge is 0.230 e. The van der Waals surface area contributed by atoms with Crippen molar-refractivity contribution in [3.8, 4) is 0 Å². The Labute approximate surface area is 87.3 Å². The van der Waals surface area contributed by atoms with Crippen molar-refractivity contribution in [1.29, 1.82) is 0 Å². The topological polar surface area (TPSA) is 39.1 Å². The van der Waals surface area contributed by atoms with Gasteiger partial charge in [-0.2, -0.15) is 0 Å². The van der Waals surface area contributed by atoms with Crippen molar-refractivity contribution in [1.82, 2.24) is 4.57 Å². The van der Waals surface area contributed by atoms with Crippen molar-refractivity contribution in [2.24, 2.45) is 7.05 Å². The van der Waals surface area contributed by atoms with Crippen LogP contribution in [-0.4, -0.2) is 16.1 Å². The van der Waals surface area contributed by atoms with Crippen LogP contribution in [0, 0.1) is 0 Å². The number of hydrogen-bond acceptors (Lipinski definition) is 2. The van der Waals surface area contributed by atoms with Crippen LogP contribution in [0.1, 0.15) is 17.3 Å². The van der Waals surface area contributed by atoms with Crippen LogP contribution in [0.3, 0.4) is 0 Å². The molecule has 3 heteroatoms. The Morgan fingerprint density at radius 3 is 2.53 bits per heavy atom. The number of ketones is 2. The van der Waals surface area contributed by atoms with E-state index < -0.39 is 11.6 Å². The van der Waals surface area contributed by atoms with E-state index in [2.05, 4.69) is 0 Å². The molecule has 1 aromatic heterocycles. The van der Waals surface area contributed by atoms with Gasteiger partial charge in [-0.1, -0.05) is 18.2 Å². The molecule has 0 saturated carbocycles. The Morgan fingerprint density at radius 2 is 1.87 bits per heavy atom. The molecule has 0 unspecified atom stereocenters. The van der Waals surface area contributed by atoms with Crippen molar-refractivity contribution in [3.05, 3.63) is 36.0 Å². The van der Waals surface area contributed by atoms with E-state index >= 15 is 0 Å². The summed E-state index contributed by atoms with van der Waals surface area (Å²) in [6, 6.07) is 7.54. The number of aryl methyl sites for hydroxylation is 1. The van der Waals surface area contributed by atoms with Gasteiger partial charge in [0.25, 0.3) is 0 Å². The molecular formula is C12H11NO2. The fourth-order valence-electron chi connectivity index (χ4n) is 1.71. The Morgan fingerprint density at radius 1 is 1.20 bits per heavy atom. The molecule has 0 aliphatic carbocycles. The second kappa shape index (κ2) is 3.35. The van der Waals surface area contributed by atoms with Gasteiger partial charge >= 0.3 is 0 Å². The summed E-state index contributed by atoms with van der Waals surface area (Å²) in [7, 11) is 1.86. The first kappa shape index (κ1) is 9.65. The summed E-state index contributed by atoms with van der Waals surface area (Å²) >= 11 is 0. The molecule has 0 fully saturated rings. The summed E-state index contributed by atoms with van der Waals surface area (Å²) in [5.74, 6) is -0.849. The van der Waals surface area contributed by atoms with Crippen molar-refractivity contribution in [3.63, 3.8) is 0 Å². The predicted octanol–water partition coefficient (Wildman–Crippen LogP) is 1.95. The first-order valence-corrected chi connectivity index (χ1v) is 4.70. The van der Waals surface area contributed by atoms with Crippen LogP contribution in [0.4, 0.5) is 0 Å². The summed E-state index contributed by atoms with van der Waals surface area (Å²) in [4.78, 5) is 22.6. The molecule has 1 heterocycles. The highest BCUT2D eigenvalue weighted by Gasteiger charge is 2.16. The van der Waals surface area contributed by atoms with E-state index in [0.29, 0.717) is 5.56 Å². The monoisotopic (exact) mass is 201 g/mol. The maximum atomic E-state index is 11.6. The molecule has 0 radical (unpaired) electrons. The number of aromatic nitrogens is 1. The fraction of sp³-hybridized carbons (Fsp3) is 0.167. The minimum Gasteiger partial charge on any atom is -0.350 e. The third-order valence-corrected chi connectivity index (χ3v) is 2.46. The third-order valence-electron chi connectivity index (χ3n) is 2.46. The first-order valence-electron chi connectivity index (χ1n) is 4.70. The van der Waals surface area contributed by atoms with Crippen LogP contribution in [0.2, 0.25) is 0 Å². The number of benzene rings is 1. The maximum Gasteiger partial charge on any atom is 0.230 e. The Kier molecular flexibility index (Phi) is 2.15. The van der Waals surface area contributed by atoms with Gasteiger partial charge in [0.05, 0.1) is 5.56 Å². The normalized spacial score (nSPS) is 10.5. The van der Waals surface area contributed by atoms with Gasteiger partial charge < -0.3 is 4.57 Å². The van der Waals surface area contributed by atoms with E-state index in [1.165, 1.54) is 6.92 Å². The van der Waals surface area contributed by atoms with Crippen molar-refractivity contribution in [2.75, 3.05) is 0 Å². The summed E-state index contributed by atoms with van der Waals surface area (Å²) in [6.45, 7) is 1.30. The SMILES string of the molecule is CC(=O)C(=O)c1cn(C)c2ccccc12. The molecule has 0 saturated heterocycles. The van der Waals surface area contributed by atoms with E-state index in [1.54, 1.807) is 6.20 Å². The molecule has 3 nitrogen and oxygen atoms in total. The number of hydrogen-bond donors (Lipinski definition) is 0. The lowest BCUT2D eigenvalue weighted by atomic mass is 10.1. The lowest BCUT2D eigenvalue weighted by Crippen LogP contribution is -2.08. The molecule has 0 aliphatic rings. The number of fused-ring (bicyclic) bond motifs is 1. The number of Topliss-reactive ketones (excluding diaryl/α,β-unsaturated/α-hetero) is 2. The van der Waals surface area contributed by atoms with E-state index in [-0.39, 0.29) is 0 Å². The number of carbonyl (C=O) groups is 2. The van der Waals surface area contributed by atoms with Crippen molar-refractivity contribution in [2.45, 2.75) is 6.92 Å². The lowest BCUT2D eigenvalue weighted by Gasteiger charge is -1.93. The molecule has 0 aliphatic heterocycles. The fourth-order valence-corrected chi connectivity index (χ4v) is 1.71. The highest BCUT2D eigenvalue weighted by Crippen LogP contribution is 2.20. The second-order valence-corrected chi connectivity index (χ2v) is 3.56. The Hall–Kier alpha value is -1.90. The van der Waals surface area contributed by atoms with Gasteiger partial charge in [-0.15, -0.1) is 0 Å². The lowest BCUT2D eigenvalue weighted by molar-refractivity contribution is -0.113. The standard InChI is InChI=1S/C12H11NO2/c1-8(14)12(15)10-7-13(2)11-6-4-3-5-9(10)11/h3-7H,1-2H3. The molecular weight excluding hydrogens is 190 g/mol. The Bertz CT molecular complexity index is 552. The number of para-hydroxylation sites is 1. The maximum absolute atomic E-state index is 11.6. The van der Waals surface area contributed by atoms with Crippen LogP contribution in [0.25, 0.3) is 10.9 Å². The van der Waals surface area contributed by atoms with E-state index in [1.807, 2.05) is 35.9 Å². The summed E-state index contributed by atoms with van der Waals surface area (Å²) in [6.07, 6.45) is 1.70. The highest BCUT2D eigenvalue weighted by atomic mass is 16.2. The van der Waals surface area contributed by atoms with Crippen molar-refractivity contribution >= 4 is 22.5 Å². The molecule has 0 atom stereocenters. The van der Waals surface area contributed by atoms with Crippen LogP contribution in [0.5, 0.6) is 0 Å². The summed E-state index contributed by atoms with van der Waals surface area (Å²) in [5, 5.41) is 0.834. The number of rotatable bonds is 2. The van der Waals surface area contributed by atoms with Crippen LogP contribution < -0.4 is 0 Å². The van der Waals surface area contributed by atoms with Gasteiger partial charge in [-0.3, -0.25) is 9.59 Å². The molecule has 0 bridgehead atoms. The van der Waals surface area contributed by atoms with Crippen LogP contribution >= 0.6 is 0 Å². The number of carbonyl (C=O) groups excluding carboxylic acids is 2. The zero-order chi connectivity index (χ0) is 11.0. The third kappa shape index (κ3) is 1.46. The zero-order valence-electron chi connectivity index (χ0n) is 8.65. The minimum absolute atomic E-state index is 0.424. The summed E-state index contributed by atoms with van der Waals surface area (Å²) in [5.41, 5.74) is 1.45. The quantitative estimate of drug-likeness (QED) is 0.550. The van der Waals surface area contributed by atoms with Crippen LogP contribution in [0.15, 0.2) is 30.5 Å². The molecule has 0 N–H and O–H groups in total. The molecule has 2 aromatic rings. The average molecular weight is 201 g/mol. The van der Waals surface area contributed by atoms with Gasteiger partial charge in [0.15, 0.2) is 5.78 Å². The molecule has 2 rings (SSSR count). The largest absolute Gasteiger partial charge is 0.350 e. The Balaban J connectivity index is 2.72. The van der Waals surface area contributed by atoms with E-state index in [0.717, 1.165) is 10.9 Å². The molecule has 15 heavy (non-hydrogen) atoms. The van der Waals surface area contributed by atoms with E-state index in [9.17, 15) is 9.59 Å². The molecule has 1 aromatic carbocycles. The van der Waals surface area contributed by atoms with Crippen LogP contribution in [-0.2, 0) is 11.8 Å². The van der Waals surface area contributed by atoms with Gasteiger partial charge in [0.1, 0.15) is 0 Å². The van der Waals surface area contributed by atoms with E-state index in [4.69, 9.17) is 0 Å². The van der Waals surface area contributed by atoms with Gasteiger partial charge in [0, 0.05) is 31.1 Å². The molecule has 0 spiro atoms. The highest BCUT2D eigenvalue weighted by molar-refractivity contribution is 6.45. The number of nitrogens with zero attached hydrogens (tertiary/aromatic N) is 1. The zero-order valence-corrected chi connectivity index (χ0v) is 8.65. The first-order chi connectivity index (χ1) is 7.11. The average Bonchev–Trinajstić information content (AvgIpc) is 2.56. The van der Waals surface area contributed by atoms with Gasteiger partial charge in [0.2, 0.25) is 5.78 Å². The second-order valence-electron chi connectivity index (χ2n) is 3.56. The van der Waals surface area contributed by atoms with Gasteiger partial charge in [-0.25, -0.2) is 0 Å². The summed E-state index contributed by atoms with van der Waals surface area (Å²) < 4.78 is 1.85. The predicted molar refractivity (Wildman–Crippen MR) is 57.9 cm³/mol. The minimum atomic E-state index is -0.425.